The first-order chi connectivity index (χ1) is 9.83. The van der Waals surface area contributed by atoms with Crippen molar-refractivity contribution in [2.75, 3.05) is 0 Å². The van der Waals surface area contributed by atoms with E-state index in [0.717, 1.165) is 16.8 Å². The molecule has 0 aliphatic carbocycles. The second-order valence-electron chi connectivity index (χ2n) is 6.55. The van der Waals surface area contributed by atoms with E-state index in [1.807, 2.05) is 48.5 Å². The van der Waals surface area contributed by atoms with Crippen molar-refractivity contribution >= 4 is 11.5 Å². The highest BCUT2D eigenvalue weighted by molar-refractivity contribution is 6.00. The molecule has 108 valence electrons. The molecule has 0 aromatic heterocycles. The van der Waals surface area contributed by atoms with Gasteiger partial charge in [-0.2, -0.15) is 0 Å². The van der Waals surface area contributed by atoms with Crippen molar-refractivity contribution in [2.45, 2.75) is 31.8 Å². The largest absolute Gasteiger partial charge is 0.384 e. The Hall–Kier alpha value is -2.13. The fourth-order valence-corrected chi connectivity index (χ4v) is 2.74. The van der Waals surface area contributed by atoms with Gasteiger partial charge in [-0.3, -0.25) is 0 Å². The average molecular weight is 280 g/mol. The SMILES string of the molecule is CC(C)(C)c1ccc(C2(O)C(N)=Nc3ccccc32)cc1. The Bertz CT molecular complexity index is 711. The van der Waals surface area contributed by atoms with E-state index in [2.05, 4.69) is 25.8 Å². The van der Waals surface area contributed by atoms with Gasteiger partial charge in [-0.15, -0.1) is 0 Å². The van der Waals surface area contributed by atoms with E-state index in [4.69, 9.17) is 5.73 Å². The molecule has 1 atom stereocenters. The molecule has 0 saturated heterocycles. The number of hydrogen-bond acceptors (Lipinski definition) is 3. The summed E-state index contributed by atoms with van der Waals surface area (Å²) in [4.78, 5) is 4.30. The van der Waals surface area contributed by atoms with E-state index in [-0.39, 0.29) is 11.3 Å². The number of nitrogens with two attached hydrogens (primary N) is 1. The lowest BCUT2D eigenvalue weighted by Gasteiger charge is -2.26. The smallest absolute Gasteiger partial charge is 0.174 e. The molecule has 1 aliphatic rings. The van der Waals surface area contributed by atoms with Crippen molar-refractivity contribution in [3.8, 4) is 0 Å². The summed E-state index contributed by atoms with van der Waals surface area (Å²) in [5.74, 6) is 0.229. The van der Waals surface area contributed by atoms with Gasteiger partial charge in [-0.05, 0) is 22.6 Å². The summed E-state index contributed by atoms with van der Waals surface area (Å²) in [6.45, 7) is 6.49. The molecule has 3 N–H and O–H groups in total. The van der Waals surface area contributed by atoms with Crippen molar-refractivity contribution in [1.29, 1.82) is 0 Å². The lowest BCUT2D eigenvalue weighted by molar-refractivity contribution is 0.158. The van der Waals surface area contributed by atoms with E-state index in [0.29, 0.717) is 0 Å². The quantitative estimate of drug-likeness (QED) is 0.842. The molecule has 0 saturated carbocycles. The Morgan fingerprint density at radius 3 is 2.24 bits per heavy atom. The standard InChI is InChI=1S/C18H20N2O/c1-17(2,3)12-8-10-13(11-9-12)18(21)14-6-4-5-7-15(14)20-16(18)19/h4-11,21H,1-3H3,(H2,19,20). The van der Waals surface area contributed by atoms with Crippen LogP contribution in [0.4, 0.5) is 5.69 Å². The monoisotopic (exact) mass is 280 g/mol. The van der Waals surface area contributed by atoms with Crippen LogP contribution in [-0.4, -0.2) is 10.9 Å². The lowest BCUT2D eigenvalue weighted by atomic mass is 9.82. The molecule has 3 nitrogen and oxygen atoms in total. The molecule has 0 fully saturated rings. The molecule has 0 radical (unpaired) electrons. The number of fused-ring (bicyclic) bond motifs is 1. The maximum Gasteiger partial charge on any atom is 0.174 e. The topological polar surface area (TPSA) is 58.6 Å². The Morgan fingerprint density at radius 2 is 1.62 bits per heavy atom. The van der Waals surface area contributed by atoms with Crippen molar-refractivity contribution in [2.24, 2.45) is 10.7 Å². The molecule has 0 spiro atoms. The summed E-state index contributed by atoms with van der Waals surface area (Å²) in [5.41, 5.74) is 8.22. The first-order valence-corrected chi connectivity index (χ1v) is 7.11. The number of hydrogen-bond donors (Lipinski definition) is 2. The Labute approximate surface area is 125 Å². The van der Waals surface area contributed by atoms with Gasteiger partial charge >= 0.3 is 0 Å². The molecule has 1 heterocycles. The van der Waals surface area contributed by atoms with Crippen LogP contribution in [0.2, 0.25) is 0 Å². The van der Waals surface area contributed by atoms with Crippen molar-refractivity contribution in [1.82, 2.24) is 0 Å². The van der Waals surface area contributed by atoms with Gasteiger partial charge < -0.3 is 10.8 Å². The summed E-state index contributed by atoms with van der Waals surface area (Å²) in [6.07, 6.45) is 0. The molecule has 0 bridgehead atoms. The fourth-order valence-electron chi connectivity index (χ4n) is 2.74. The van der Waals surface area contributed by atoms with Gasteiger partial charge in [-0.25, -0.2) is 4.99 Å². The van der Waals surface area contributed by atoms with Crippen LogP contribution in [0.25, 0.3) is 0 Å². The summed E-state index contributed by atoms with van der Waals surface area (Å²) < 4.78 is 0. The minimum Gasteiger partial charge on any atom is -0.384 e. The number of aliphatic hydroxyl groups is 1. The molecule has 21 heavy (non-hydrogen) atoms. The first-order valence-electron chi connectivity index (χ1n) is 7.11. The summed E-state index contributed by atoms with van der Waals surface area (Å²) >= 11 is 0. The molecule has 2 aromatic rings. The van der Waals surface area contributed by atoms with Gasteiger partial charge in [0.15, 0.2) is 5.60 Å². The van der Waals surface area contributed by atoms with Crippen LogP contribution < -0.4 is 5.73 Å². The molecule has 0 amide bonds. The first kappa shape index (κ1) is 13.8. The summed E-state index contributed by atoms with van der Waals surface area (Å²) in [7, 11) is 0. The highest BCUT2D eigenvalue weighted by Gasteiger charge is 2.42. The van der Waals surface area contributed by atoms with Crippen LogP contribution in [0, 0.1) is 0 Å². The predicted octanol–water partition coefficient (Wildman–Crippen LogP) is 3.22. The molecular formula is C18H20N2O. The number of rotatable bonds is 1. The van der Waals surface area contributed by atoms with Gasteiger partial charge in [0.1, 0.15) is 5.84 Å². The zero-order valence-electron chi connectivity index (χ0n) is 12.6. The Balaban J connectivity index is 2.10. The molecule has 3 heteroatoms. The highest BCUT2D eigenvalue weighted by atomic mass is 16.3. The van der Waals surface area contributed by atoms with Crippen molar-refractivity contribution in [3.63, 3.8) is 0 Å². The maximum atomic E-state index is 11.1. The third-order valence-electron chi connectivity index (χ3n) is 4.07. The number of benzene rings is 2. The van der Waals surface area contributed by atoms with E-state index in [1.165, 1.54) is 5.56 Å². The van der Waals surface area contributed by atoms with Gasteiger partial charge in [0, 0.05) is 5.56 Å². The van der Waals surface area contributed by atoms with Gasteiger partial charge in [-0.1, -0.05) is 63.2 Å². The Kier molecular flexibility index (Phi) is 2.92. The van der Waals surface area contributed by atoms with Crippen LogP contribution in [0.1, 0.15) is 37.5 Å². The maximum absolute atomic E-state index is 11.1. The zero-order valence-corrected chi connectivity index (χ0v) is 12.6. The molecule has 3 rings (SSSR count). The second kappa shape index (κ2) is 4.43. The highest BCUT2D eigenvalue weighted by Crippen LogP contribution is 2.41. The number of amidine groups is 1. The molecule has 1 aliphatic heterocycles. The molecule has 2 aromatic carbocycles. The van der Waals surface area contributed by atoms with Gasteiger partial charge in [0.2, 0.25) is 0 Å². The Morgan fingerprint density at radius 1 is 1.00 bits per heavy atom. The molecule has 1 unspecified atom stereocenters. The van der Waals surface area contributed by atoms with Crippen LogP contribution in [0.5, 0.6) is 0 Å². The predicted molar refractivity (Wildman–Crippen MR) is 85.9 cm³/mol. The lowest BCUT2D eigenvalue weighted by Crippen LogP contribution is -2.39. The summed E-state index contributed by atoms with van der Waals surface area (Å²) in [5, 5.41) is 11.1. The van der Waals surface area contributed by atoms with Crippen molar-refractivity contribution < 1.29 is 5.11 Å². The number of nitrogens with zero attached hydrogens (tertiary/aromatic N) is 1. The zero-order chi connectivity index (χ0) is 15.3. The van der Waals surface area contributed by atoms with Crippen LogP contribution >= 0.6 is 0 Å². The second-order valence-corrected chi connectivity index (χ2v) is 6.55. The van der Waals surface area contributed by atoms with Gasteiger partial charge in [0.05, 0.1) is 5.69 Å². The van der Waals surface area contributed by atoms with E-state index in [9.17, 15) is 5.11 Å². The normalized spacial score (nSPS) is 21.0. The summed E-state index contributed by atoms with van der Waals surface area (Å²) in [6, 6.07) is 15.5. The molecular weight excluding hydrogens is 260 g/mol. The van der Waals surface area contributed by atoms with Crippen molar-refractivity contribution in [3.05, 3.63) is 65.2 Å². The fraction of sp³-hybridized carbons (Fsp3) is 0.278. The van der Waals surface area contributed by atoms with E-state index >= 15 is 0 Å². The van der Waals surface area contributed by atoms with Crippen LogP contribution in [0.15, 0.2) is 53.5 Å². The van der Waals surface area contributed by atoms with Crippen LogP contribution in [-0.2, 0) is 11.0 Å². The number of aliphatic imine (C=N–C) groups is 1. The van der Waals surface area contributed by atoms with E-state index < -0.39 is 5.60 Å². The minimum absolute atomic E-state index is 0.0777. The minimum atomic E-state index is -1.33. The average Bonchev–Trinajstić information content (AvgIpc) is 2.71. The van der Waals surface area contributed by atoms with Gasteiger partial charge in [0.25, 0.3) is 0 Å². The number of para-hydroxylation sites is 1. The van der Waals surface area contributed by atoms with Crippen LogP contribution in [0.3, 0.4) is 0 Å². The van der Waals surface area contributed by atoms with E-state index in [1.54, 1.807) is 0 Å². The third kappa shape index (κ3) is 2.05. The third-order valence-corrected chi connectivity index (χ3v) is 4.07.